The molecule has 0 bridgehead atoms. The van der Waals surface area contributed by atoms with Crippen LogP contribution in [0.1, 0.15) is 42.5 Å². The molecular weight excluding hydrogens is 602 g/mol. The van der Waals surface area contributed by atoms with E-state index in [-0.39, 0.29) is 30.0 Å². The minimum absolute atomic E-state index is 0.0108. The molecule has 1 unspecified atom stereocenters. The summed E-state index contributed by atoms with van der Waals surface area (Å²) in [4.78, 5) is 27.6. The maximum atomic E-state index is 13.6. The van der Waals surface area contributed by atoms with Crippen LogP contribution in [-0.2, 0) is 28.9 Å². The summed E-state index contributed by atoms with van der Waals surface area (Å²) in [5.74, 6) is -0.316. The highest BCUT2D eigenvalue weighted by Gasteiger charge is 2.71. The average Bonchev–Trinajstić information content (AvgIpc) is 3.20. The summed E-state index contributed by atoms with van der Waals surface area (Å²) in [5, 5.41) is 14.5. The number of aryl methyl sites for hydroxylation is 1. The van der Waals surface area contributed by atoms with Crippen LogP contribution in [0.3, 0.4) is 0 Å². The fraction of sp³-hybridized carbons (Fsp3) is 0.273. The number of fused-ring (bicyclic) bond motifs is 1. The number of hydrogen-bond donors (Lipinski definition) is 2. The Hall–Kier alpha value is -4.58. The summed E-state index contributed by atoms with van der Waals surface area (Å²) in [6, 6.07) is 20.8. The van der Waals surface area contributed by atoms with Gasteiger partial charge in [0, 0.05) is 5.56 Å². The highest BCUT2D eigenvalue weighted by molar-refractivity contribution is 6.07. The van der Waals surface area contributed by atoms with E-state index in [1.165, 1.54) is 12.1 Å². The fourth-order valence-electron chi connectivity index (χ4n) is 5.41. The minimum atomic E-state index is -6.02. The van der Waals surface area contributed by atoms with Crippen molar-refractivity contribution < 1.29 is 45.8 Å². The molecule has 0 aromatic heterocycles. The highest BCUT2D eigenvalue weighted by atomic mass is 19.4. The Morgan fingerprint density at radius 2 is 1.53 bits per heavy atom. The van der Waals surface area contributed by atoms with Crippen molar-refractivity contribution >= 4 is 22.7 Å². The van der Waals surface area contributed by atoms with E-state index in [1.807, 2.05) is 36.4 Å². The van der Waals surface area contributed by atoms with Crippen LogP contribution in [0, 0.1) is 0 Å². The largest absolute Gasteiger partial charge is 0.457 e. The Balaban J connectivity index is 1.39. The summed E-state index contributed by atoms with van der Waals surface area (Å²) >= 11 is 0. The van der Waals surface area contributed by atoms with Gasteiger partial charge in [0.05, 0.1) is 6.54 Å². The van der Waals surface area contributed by atoms with Crippen molar-refractivity contribution in [2.45, 2.75) is 56.7 Å². The van der Waals surface area contributed by atoms with E-state index in [4.69, 9.17) is 4.74 Å². The van der Waals surface area contributed by atoms with Crippen molar-refractivity contribution in [3.05, 3.63) is 107 Å². The van der Waals surface area contributed by atoms with Crippen molar-refractivity contribution in [2.75, 3.05) is 0 Å². The average molecular weight is 631 g/mol. The predicted octanol–water partition coefficient (Wildman–Crippen LogP) is 7.86. The van der Waals surface area contributed by atoms with Gasteiger partial charge in [-0.15, -0.1) is 0 Å². The van der Waals surface area contributed by atoms with Crippen LogP contribution in [0.15, 0.2) is 84.9 Å². The highest BCUT2D eigenvalue weighted by Crippen LogP contribution is 2.50. The van der Waals surface area contributed by atoms with Crippen LogP contribution in [0.5, 0.6) is 11.5 Å². The SMILES string of the molecule is CCCc1cc(C(O)(C(F)(F)F)C(F)(F)F)ccc1Oc1cccc(CN2C(=O)NC(C)(c3ccc4ccccc4c3)C2=O)c1. The Kier molecular flexibility index (Phi) is 8.07. The van der Waals surface area contributed by atoms with Crippen molar-refractivity contribution in [1.82, 2.24) is 10.2 Å². The molecule has 6 nitrogen and oxygen atoms in total. The number of amides is 3. The number of benzene rings is 4. The molecule has 0 aliphatic carbocycles. The summed E-state index contributed by atoms with van der Waals surface area (Å²) < 4.78 is 86.7. The second-order valence-electron chi connectivity index (χ2n) is 11.0. The molecule has 0 saturated carbocycles. The molecule has 1 atom stereocenters. The number of carbonyl (C=O) groups excluding carboxylic acids is 2. The van der Waals surface area contributed by atoms with Gasteiger partial charge in [-0.2, -0.15) is 26.3 Å². The van der Waals surface area contributed by atoms with Gasteiger partial charge >= 0.3 is 18.4 Å². The van der Waals surface area contributed by atoms with Crippen molar-refractivity contribution in [2.24, 2.45) is 0 Å². The van der Waals surface area contributed by atoms with Gasteiger partial charge in [-0.1, -0.05) is 67.9 Å². The van der Waals surface area contributed by atoms with E-state index in [9.17, 15) is 41.0 Å². The lowest BCUT2D eigenvalue weighted by molar-refractivity contribution is -0.376. The Bertz CT molecular complexity index is 1760. The van der Waals surface area contributed by atoms with Gasteiger partial charge in [-0.3, -0.25) is 9.69 Å². The lowest BCUT2D eigenvalue weighted by Crippen LogP contribution is -2.53. The van der Waals surface area contributed by atoms with Crippen molar-refractivity contribution in [3.63, 3.8) is 0 Å². The number of nitrogens with zero attached hydrogens (tertiary/aromatic N) is 1. The van der Waals surface area contributed by atoms with Crippen LogP contribution < -0.4 is 10.1 Å². The number of carbonyl (C=O) groups is 2. The standard InChI is InChI=1S/C33H28F6N2O4/c1-3-7-23-18-25(31(44,32(34,35)36)33(37,38)39)14-15-27(23)45-26-11-6-8-20(16-26)19-41-28(42)30(2,40-29(41)43)24-13-12-21-9-4-5-10-22(21)17-24/h4-6,8-18,44H,3,7,19H2,1-2H3,(H,40,43). The number of hydrogen-bond acceptors (Lipinski definition) is 4. The van der Waals surface area contributed by atoms with Gasteiger partial charge in [0.1, 0.15) is 17.0 Å². The van der Waals surface area contributed by atoms with Gasteiger partial charge < -0.3 is 15.2 Å². The Morgan fingerprint density at radius 1 is 0.844 bits per heavy atom. The van der Waals surface area contributed by atoms with E-state index in [0.717, 1.165) is 21.7 Å². The van der Waals surface area contributed by atoms with E-state index in [0.29, 0.717) is 29.7 Å². The normalized spacial score (nSPS) is 17.6. The molecule has 4 aromatic rings. The molecule has 1 aliphatic heterocycles. The second kappa shape index (κ2) is 11.4. The molecule has 1 aliphatic rings. The first-order chi connectivity index (χ1) is 21.1. The lowest BCUT2D eigenvalue weighted by Gasteiger charge is -2.33. The minimum Gasteiger partial charge on any atom is -0.457 e. The summed E-state index contributed by atoms with van der Waals surface area (Å²) in [5.41, 5.74) is -6.65. The third-order valence-corrected chi connectivity index (χ3v) is 7.89. The topological polar surface area (TPSA) is 78.9 Å². The first-order valence-corrected chi connectivity index (χ1v) is 14.0. The van der Waals surface area contributed by atoms with Crippen LogP contribution in [-0.4, -0.2) is 34.3 Å². The maximum absolute atomic E-state index is 13.6. The summed E-state index contributed by atoms with van der Waals surface area (Å²) in [6.07, 6.45) is -11.6. The molecule has 45 heavy (non-hydrogen) atoms. The third-order valence-electron chi connectivity index (χ3n) is 7.89. The number of aliphatic hydroxyl groups is 1. The second-order valence-corrected chi connectivity index (χ2v) is 11.0. The summed E-state index contributed by atoms with van der Waals surface area (Å²) in [7, 11) is 0. The smallest absolute Gasteiger partial charge is 0.430 e. The van der Waals surface area contributed by atoms with Crippen LogP contribution in [0.4, 0.5) is 31.1 Å². The van der Waals surface area contributed by atoms with Crippen LogP contribution in [0.25, 0.3) is 10.8 Å². The van der Waals surface area contributed by atoms with Gasteiger partial charge in [0.25, 0.3) is 11.5 Å². The van der Waals surface area contributed by atoms with Gasteiger partial charge in [-0.25, -0.2) is 4.79 Å². The molecule has 3 amide bonds. The third kappa shape index (κ3) is 5.70. The summed E-state index contributed by atoms with van der Waals surface area (Å²) in [6.45, 7) is 3.17. The van der Waals surface area contributed by atoms with E-state index >= 15 is 0 Å². The van der Waals surface area contributed by atoms with E-state index < -0.39 is 41.0 Å². The molecule has 0 spiro atoms. The molecule has 2 N–H and O–H groups in total. The lowest BCUT2D eigenvalue weighted by atomic mass is 9.90. The molecular formula is C33H28F6N2O4. The fourth-order valence-corrected chi connectivity index (χ4v) is 5.41. The van der Waals surface area contributed by atoms with Crippen LogP contribution >= 0.6 is 0 Å². The number of halogens is 6. The van der Waals surface area contributed by atoms with Crippen LogP contribution in [0.2, 0.25) is 0 Å². The molecule has 0 radical (unpaired) electrons. The quantitative estimate of drug-likeness (QED) is 0.154. The first kappa shape index (κ1) is 31.8. The number of urea groups is 1. The molecule has 1 saturated heterocycles. The zero-order valence-corrected chi connectivity index (χ0v) is 24.1. The monoisotopic (exact) mass is 630 g/mol. The molecule has 1 fully saturated rings. The number of alkyl halides is 6. The molecule has 236 valence electrons. The molecule has 4 aromatic carbocycles. The molecule has 5 rings (SSSR count). The Labute approximate surface area is 254 Å². The van der Waals surface area contributed by atoms with Gasteiger partial charge in [0.2, 0.25) is 0 Å². The zero-order chi connectivity index (χ0) is 32.8. The van der Waals surface area contributed by atoms with E-state index in [1.54, 1.807) is 32.0 Å². The van der Waals surface area contributed by atoms with Crippen molar-refractivity contribution in [1.29, 1.82) is 0 Å². The maximum Gasteiger partial charge on any atom is 0.430 e. The number of imide groups is 1. The zero-order valence-electron chi connectivity index (χ0n) is 24.1. The van der Waals surface area contributed by atoms with Crippen molar-refractivity contribution in [3.8, 4) is 11.5 Å². The number of ether oxygens (including phenoxy) is 1. The number of nitrogens with one attached hydrogen (secondary N) is 1. The van der Waals surface area contributed by atoms with Gasteiger partial charge in [-0.05, 0) is 71.1 Å². The van der Waals surface area contributed by atoms with E-state index in [2.05, 4.69) is 5.32 Å². The predicted molar refractivity (Wildman–Crippen MR) is 153 cm³/mol. The first-order valence-electron chi connectivity index (χ1n) is 14.0. The number of rotatable bonds is 8. The molecule has 12 heteroatoms. The Morgan fingerprint density at radius 3 is 2.20 bits per heavy atom. The van der Waals surface area contributed by atoms with Gasteiger partial charge in [0.15, 0.2) is 0 Å². The molecule has 1 heterocycles.